The van der Waals surface area contributed by atoms with Crippen LogP contribution >= 0.6 is 11.8 Å². The fourth-order valence-electron chi connectivity index (χ4n) is 2.75. The van der Waals surface area contributed by atoms with Crippen LogP contribution in [0.2, 0.25) is 0 Å². The van der Waals surface area contributed by atoms with Crippen LogP contribution in [-0.4, -0.2) is 48.3 Å². The summed E-state index contributed by atoms with van der Waals surface area (Å²) >= 11 is 1.15. The molecule has 0 radical (unpaired) electrons. The second-order valence-electron chi connectivity index (χ2n) is 5.78. The van der Waals surface area contributed by atoms with Crippen LogP contribution in [0, 0.1) is 0 Å². The minimum Gasteiger partial charge on any atom is -0.478 e. The number of ether oxygens (including phenoxy) is 1. The van der Waals surface area contributed by atoms with Crippen LogP contribution in [0.1, 0.15) is 10.4 Å². The maximum atomic E-state index is 12.8. The molecule has 1 heterocycles. The number of para-hydroxylation sites is 2. The van der Waals surface area contributed by atoms with E-state index in [1.54, 1.807) is 42.5 Å². The van der Waals surface area contributed by atoms with Crippen molar-refractivity contribution in [2.24, 2.45) is 0 Å². The highest BCUT2D eigenvalue weighted by atomic mass is 32.2. The van der Waals surface area contributed by atoms with Crippen LogP contribution in [-0.2, 0) is 9.59 Å². The molecule has 27 heavy (non-hydrogen) atoms. The summed E-state index contributed by atoms with van der Waals surface area (Å²) in [6.45, 7) is 0.0939. The van der Waals surface area contributed by atoms with Gasteiger partial charge < -0.3 is 20.1 Å². The third-order valence-electron chi connectivity index (χ3n) is 4.08. The van der Waals surface area contributed by atoms with E-state index >= 15 is 0 Å². The molecular weight excluding hydrogens is 368 g/mol. The number of nitrogens with zero attached hydrogens (tertiary/aromatic N) is 1. The average Bonchev–Trinajstić information content (AvgIpc) is 2.70. The van der Waals surface area contributed by atoms with Gasteiger partial charge in [-0.15, -0.1) is 11.8 Å². The number of anilines is 1. The molecule has 0 aliphatic carbocycles. The lowest BCUT2D eigenvalue weighted by Gasteiger charge is -2.34. The topological polar surface area (TPSA) is 95.9 Å². The first kappa shape index (κ1) is 18.8. The first-order chi connectivity index (χ1) is 13.0. The Morgan fingerprint density at radius 1 is 1.19 bits per heavy atom. The van der Waals surface area contributed by atoms with Crippen molar-refractivity contribution in [3.8, 4) is 5.75 Å². The molecule has 0 fully saturated rings. The predicted octanol–water partition coefficient (Wildman–Crippen LogP) is 2.02. The lowest BCUT2D eigenvalue weighted by Crippen LogP contribution is -2.50. The average molecular weight is 386 g/mol. The van der Waals surface area contributed by atoms with Gasteiger partial charge in [0.25, 0.3) is 5.91 Å². The van der Waals surface area contributed by atoms with E-state index in [-0.39, 0.29) is 29.7 Å². The highest BCUT2D eigenvalue weighted by molar-refractivity contribution is 8.00. The normalized spacial score (nSPS) is 15.4. The summed E-state index contributed by atoms with van der Waals surface area (Å²) in [6.07, 6.45) is -0.801. The number of carbonyl (C=O) groups is 3. The summed E-state index contributed by atoms with van der Waals surface area (Å²) in [5.74, 6) is -1.08. The zero-order valence-corrected chi connectivity index (χ0v) is 15.4. The molecule has 0 saturated carbocycles. The molecule has 0 bridgehead atoms. The fourth-order valence-corrected chi connectivity index (χ4v) is 3.68. The molecule has 0 aromatic heterocycles. The lowest BCUT2D eigenvalue weighted by atomic mass is 10.2. The van der Waals surface area contributed by atoms with Gasteiger partial charge in [0.05, 0.1) is 23.5 Å². The van der Waals surface area contributed by atoms with E-state index in [0.717, 1.165) is 11.8 Å². The summed E-state index contributed by atoms with van der Waals surface area (Å²) in [6, 6.07) is 13.6. The first-order valence-corrected chi connectivity index (χ1v) is 9.22. The zero-order chi connectivity index (χ0) is 19.4. The van der Waals surface area contributed by atoms with Gasteiger partial charge in [-0.2, -0.15) is 0 Å². The summed E-state index contributed by atoms with van der Waals surface area (Å²) in [5, 5.41) is 11.8. The first-order valence-electron chi connectivity index (χ1n) is 8.24. The van der Waals surface area contributed by atoms with E-state index < -0.39 is 12.1 Å². The van der Waals surface area contributed by atoms with E-state index in [1.165, 1.54) is 18.0 Å². The van der Waals surface area contributed by atoms with E-state index in [9.17, 15) is 19.5 Å². The van der Waals surface area contributed by atoms with Gasteiger partial charge >= 0.3 is 5.97 Å². The third-order valence-corrected chi connectivity index (χ3v) is 5.14. The number of amides is 2. The van der Waals surface area contributed by atoms with E-state index in [0.29, 0.717) is 16.3 Å². The van der Waals surface area contributed by atoms with Gasteiger partial charge in [-0.05, 0) is 24.3 Å². The summed E-state index contributed by atoms with van der Waals surface area (Å²) < 4.78 is 5.69. The maximum absolute atomic E-state index is 12.8. The van der Waals surface area contributed by atoms with Crippen molar-refractivity contribution >= 4 is 35.2 Å². The minimum absolute atomic E-state index is 0.0408. The van der Waals surface area contributed by atoms with E-state index in [2.05, 4.69) is 5.32 Å². The van der Waals surface area contributed by atoms with Crippen LogP contribution in [0.5, 0.6) is 5.75 Å². The van der Waals surface area contributed by atoms with Gasteiger partial charge in [-0.25, -0.2) is 4.79 Å². The number of carboxylic acids is 1. The molecule has 0 saturated heterocycles. The number of likely N-dealkylation sites (N-methyl/N-ethyl adjacent to an activating group) is 1. The van der Waals surface area contributed by atoms with Gasteiger partial charge in [0, 0.05) is 11.9 Å². The number of benzene rings is 2. The summed E-state index contributed by atoms with van der Waals surface area (Å²) in [5.41, 5.74) is 0.746. The zero-order valence-electron chi connectivity index (χ0n) is 14.5. The van der Waals surface area contributed by atoms with Crippen LogP contribution in [0.4, 0.5) is 5.69 Å². The number of carbonyl (C=O) groups excluding carboxylic acids is 2. The van der Waals surface area contributed by atoms with E-state index in [1.807, 2.05) is 0 Å². The quantitative estimate of drug-likeness (QED) is 0.764. The molecule has 140 valence electrons. The molecule has 3 rings (SSSR count). The summed E-state index contributed by atoms with van der Waals surface area (Å²) in [7, 11) is 1.51. The molecular formula is C19H18N2O5S. The molecule has 2 N–H and O–H groups in total. The number of rotatable bonds is 5. The van der Waals surface area contributed by atoms with Crippen molar-refractivity contribution in [2.45, 2.75) is 11.0 Å². The number of hydrogen-bond acceptors (Lipinski definition) is 5. The van der Waals surface area contributed by atoms with Gasteiger partial charge in [-0.3, -0.25) is 9.59 Å². The third kappa shape index (κ3) is 4.06. The Hall–Kier alpha value is -3.00. The van der Waals surface area contributed by atoms with Gasteiger partial charge in [0.15, 0.2) is 6.10 Å². The largest absolute Gasteiger partial charge is 0.478 e. The van der Waals surface area contributed by atoms with Crippen LogP contribution < -0.4 is 15.0 Å². The fraction of sp³-hybridized carbons (Fsp3) is 0.211. The predicted molar refractivity (Wildman–Crippen MR) is 101 cm³/mol. The van der Waals surface area contributed by atoms with Crippen LogP contribution in [0.25, 0.3) is 0 Å². The van der Waals surface area contributed by atoms with Gasteiger partial charge in [0.2, 0.25) is 5.91 Å². The second kappa shape index (κ2) is 8.13. The Kier molecular flexibility index (Phi) is 5.66. The second-order valence-corrected chi connectivity index (χ2v) is 6.80. The SMILES string of the molecule is CNC(=O)[C@@H]1CN(C(=O)CSc2ccccc2C(=O)O)c2ccccc2O1. The lowest BCUT2D eigenvalue weighted by molar-refractivity contribution is -0.127. The molecule has 0 unspecified atom stereocenters. The van der Waals surface area contributed by atoms with Crippen molar-refractivity contribution in [1.29, 1.82) is 0 Å². The maximum Gasteiger partial charge on any atom is 0.336 e. The monoisotopic (exact) mass is 386 g/mol. The molecule has 8 heteroatoms. The Morgan fingerprint density at radius 2 is 1.89 bits per heavy atom. The van der Waals surface area contributed by atoms with Crippen molar-refractivity contribution < 1.29 is 24.2 Å². The minimum atomic E-state index is -1.04. The molecule has 1 aliphatic rings. The molecule has 1 aliphatic heterocycles. The number of fused-ring (bicyclic) bond motifs is 1. The number of nitrogens with one attached hydrogen (secondary N) is 1. The van der Waals surface area contributed by atoms with Crippen molar-refractivity contribution in [3.05, 3.63) is 54.1 Å². The van der Waals surface area contributed by atoms with Crippen molar-refractivity contribution in [2.75, 3.05) is 24.2 Å². The molecule has 2 amide bonds. The van der Waals surface area contributed by atoms with Crippen LogP contribution in [0.3, 0.4) is 0 Å². The van der Waals surface area contributed by atoms with Gasteiger partial charge in [-0.1, -0.05) is 24.3 Å². The Balaban J connectivity index is 1.79. The Bertz CT molecular complexity index is 886. The van der Waals surface area contributed by atoms with Crippen molar-refractivity contribution in [3.63, 3.8) is 0 Å². The number of hydrogen-bond donors (Lipinski definition) is 2. The molecule has 2 aromatic rings. The number of thioether (sulfide) groups is 1. The summed E-state index contributed by atoms with van der Waals surface area (Å²) in [4.78, 5) is 38.2. The molecule has 2 aromatic carbocycles. The van der Waals surface area contributed by atoms with E-state index in [4.69, 9.17) is 4.74 Å². The standard InChI is InChI=1S/C19H18N2O5S/c1-20-18(23)15-10-21(13-7-3-4-8-14(13)26-15)17(22)11-27-16-9-5-2-6-12(16)19(24)25/h2-9,15H,10-11H2,1H3,(H,20,23)(H,24,25)/t15-/m0/s1. The highest BCUT2D eigenvalue weighted by Gasteiger charge is 2.33. The van der Waals surface area contributed by atoms with Crippen molar-refractivity contribution in [1.82, 2.24) is 5.32 Å². The molecule has 7 nitrogen and oxygen atoms in total. The van der Waals surface area contributed by atoms with Crippen LogP contribution in [0.15, 0.2) is 53.4 Å². The molecule has 1 atom stereocenters. The number of aromatic carboxylic acids is 1. The van der Waals surface area contributed by atoms with Gasteiger partial charge in [0.1, 0.15) is 5.75 Å². The highest BCUT2D eigenvalue weighted by Crippen LogP contribution is 2.34. The molecule has 0 spiro atoms. The smallest absolute Gasteiger partial charge is 0.336 e. The Labute approximate surface area is 160 Å². The number of carboxylic acid groups (broad SMARTS) is 1. The Morgan fingerprint density at radius 3 is 2.63 bits per heavy atom.